The van der Waals surface area contributed by atoms with Crippen molar-refractivity contribution in [3.63, 3.8) is 0 Å². The van der Waals surface area contributed by atoms with E-state index in [2.05, 4.69) is 69.7 Å². The van der Waals surface area contributed by atoms with Crippen molar-refractivity contribution < 1.29 is 23.4 Å². The Kier molecular flexibility index (Phi) is 13.0. The van der Waals surface area contributed by atoms with Crippen molar-refractivity contribution >= 4 is 34.5 Å². The number of rotatable bonds is 3. The number of imidazole rings is 2. The van der Waals surface area contributed by atoms with Gasteiger partial charge in [-0.2, -0.15) is 0 Å². The molecule has 5 aliphatic rings. The van der Waals surface area contributed by atoms with Crippen molar-refractivity contribution in [2.75, 3.05) is 140 Å². The van der Waals surface area contributed by atoms with Crippen molar-refractivity contribution in [1.29, 1.82) is 0 Å². The van der Waals surface area contributed by atoms with E-state index in [1.807, 2.05) is 65.4 Å². The standard InChI is InChI=1S/C43H56N11O5/c1-48(2)34-5-7-36-38(29-34)59-39-30-35(49(3)4)6-8-37(39)40(36)33-31-46-41(47-32-33)50-13-15-51-11-9-44-42(51)53-17-21-55-25-27-57-23-19-54(20-24-58-28-26-56-22-18-53)43-45-10-12-52(43)16-14-50/h5-12,29-32H,13-28H2,1-4H3/q+1. The zero-order valence-electron chi connectivity index (χ0n) is 34.7. The van der Waals surface area contributed by atoms with E-state index in [1.165, 1.54) is 0 Å². The van der Waals surface area contributed by atoms with E-state index in [1.54, 1.807) is 0 Å². The molecule has 0 unspecified atom stereocenters. The molecule has 1 saturated heterocycles. The summed E-state index contributed by atoms with van der Waals surface area (Å²) in [5, 5.41) is 2.06. The van der Waals surface area contributed by atoms with Crippen LogP contribution in [0.25, 0.3) is 33.4 Å². The van der Waals surface area contributed by atoms with E-state index in [0.717, 1.165) is 56.4 Å². The van der Waals surface area contributed by atoms with E-state index in [-0.39, 0.29) is 0 Å². The van der Waals surface area contributed by atoms with Gasteiger partial charge in [0.05, 0.1) is 58.9 Å². The molecule has 16 nitrogen and oxygen atoms in total. The van der Waals surface area contributed by atoms with Gasteiger partial charge in [0.25, 0.3) is 0 Å². The third-order valence-electron chi connectivity index (χ3n) is 10.9. The fourth-order valence-electron chi connectivity index (χ4n) is 7.60. The van der Waals surface area contributed by atoms with Crippen LogP contribution in [0.3, 0.4) is 0 Å². The SMILES string of the molecule is CN(C)c1ccc2c(-c3cnc(N4CCn5ccnc5N5CCOCCOCCN(CCOCCOCC5)c5nccn5CC4)nc3)c3ccc(=[N+](C)C)cc-3oc2c1. The van der Waals surface area contributed by atoms with Crippen LogP contribution in [0.5, 0.6) is 0 Å². The predicted molar refractivity (Wildman–Crippen MR) is 230 cm³/mol. The lowest BCUT2D eigenvalue weighted by Gasteiger charge is -2.27. The summed E-state index contributed by atoms with van der Waals surface area (Å²) in [5.41, 5.74) is 4.82. The zero-order chi connectivity index (χ0) is 40.6. The number of hydrogen-bond donors (Lipinski definition) is 0. The molecule has 2 bridgehead atoms. The van der Waals surface area contributed by atoms with Crippen molar-refractivity contribution in [3.05, 3.63) is 78.9 Å². The fraction of sp³-hybridized carbons (Fsp3) is 0.465. The Bertz CT molecular complexity index is 2230. The normalized spacial score (nSPS) is 17.1. The van der Waals surface area contributed by atoms with Crippen LogP contribution in [0, 0.1) is 0 Å². The quantitative estimate of drug-likeness (QED) is 0.192. The first-order valence-electron chi connectivity index (χ1n) is 20.5. The molecule has 4 aromatic rings. The first-order chi connectivity index (χ1) is 28.9. The van der Waals surface area contributed by atoms with Crippen LogP contribution in [0.15, 0.2) is 78.0 Å². The van der Waals surface area contributed by atoms with E-state index < -0.39 is 0 Å². The van der Waals surface area contributed by atoms with Crippen molar-refractivity contribution in [3.8, 4) is 22.5 Å². The summed E-state index contributed by atoms with van der Waals surface area (Å²) < 4.78 is 37.1. The Morgan fingerprint density at radius 3 is 1.68 bits per heavy atom. The molecule has 312 valence electrons. The molecule has 3 aromatic heterocycles. The second-order valence-electron chi connectivity index (χ2n) is 15.2. The highest BCUT2D eigenvalue weighted by Gasteiger charge is 2.22. The Hall–Kier alpha value is -5.55. The van der Waals surface area contributed by atoms with E-state index in [9.17, 15) is 0 Å². The molecule has 0 saturated carbocycles. The number of hydrogen-bond acceptors (Lipinski definition) is 13. The van der Waals surface area contributed by atoms with Gasteiger partial charge >= 0.3 is 0 Å². The third-order valence-corrected chi connectivity index (χ3v) is 10.9. The van der Waals surface area contributed by atoms with Crippen LogP contribution in [-0.4, -0.2) is 149 Å². The van der Waals surface area contributed by atoms with E-state index in [0.29, 0.717) is 111 Å². The summed E-state index contributed by atoms with van der Waals surface area (Å²) in [6.45, 7) is 9.57. The number of aromatic nitrogens is 6. The average molecular weight is 807 g/mol. The van der Waals surface area contributed by atoms with E-state index >= 15 is 0 Å². The number of benzene rings is 2. The molecule has 0 amide bonds. The second kappa shape index (κ2) is 19.0. The molecule has 0 atom stereocenters. The molecular weight excluding hydrogens is 751 g/mol. The van der Waals surface area contributed by atoms with Crippen molar-refractivity contribution in [2.24, 2.45) is 0 Å². The lowest BCUT2D eigenvalue weighted by atomic mass is 9.95. The Labute approximate surface area is 345 Å². The monoisotopic (exact) mass is 806 g/mol. The van der Waals surface area contributed by atoms with Gasteiger partial charge in [0.15, 0.2) is 0 Å². The van der Waals surface area contributed by atoms with Gasteiger partial charge in [0.1, 0.15) is 25.4 Å². The summed E-state index contributed by atoms with van der Waals surface area (Å²) in [6, 6.07) is 12.7. The number of ether oxygens (including phenoxy) is 4. The summed E-state index contributed by atoms with van der Waals surface area (Å²) in [4.78, 5) is 28.6. The van der Waals surface area contributed by atoms with Gasteiger partial charge in [-0.1, -0.05) is 0 Å². The van der Waals surface area contributed by atoms with E-state index in [4.69, 9.17) is 43.3 Å². The Balaban J connectivity index is 1.16. The van der Waals surface area contributed by atoms with Crippen LogP contribution >= 0.6 is 0 Å². The third kappa shape index (κ3) is 9.51. The van der Waals surface area contributed by atoms with Gasteiger partial charge in [-0.25, -0.2) is 24.5 Å². The summed E-state index contributed by atoms with van der Waals surface area (Å²) in [6.07, 6.45) is 11.7. The van der Waals surface area contributed by atoms with Crippen LogP contribution < -0.4 is 29.5 Å². The molecule has 0 radical (unpaired) electrons. The van der Waals surface area contributed by atoms with Crippen molar-refractivity contribution in [2.45, 2.75) is 13.1 Å². The number of fused-ring (bicyclic) bond motifs is 20. The predicted octanol–water partition coefficient (Wildman–Crippen LogP) is 3.40. The zero-order valence-corrected chi connectivity index (χ0v) is 34.7. The topological polar surface area (TPSA) is 127 Å². The summed E-state index contributed by atoms with van der Waals surface area (Å²) in [7, 11) is 8.15. The van der Waals surface area contributed by atoms with Crippen molar-refractivity contribution in [1.82, 2.24) is 33.6 Å². The highest BCUT2D eigenvalue weighted by atomic mass is 16.5. The molecule has 7 heterocycles. The summed E-state index contributed by atoms with van der Waals surface area (Å²) >= 11 is 0. The van der Waals surface area contributed by atoms with Gasteiger partial charge in [-0.3, -0.25) is 0 Å². The number of anilines is 4. The maximum Gasteiger partial charge on any atom is 0.225 e. The van der Waals surface area contributed by atoms with Gasteiger partial charge in [-0.05, 0) is 18.2 Å². The van der Waals surface area contributed by atoms with Gasteiger partial charge in [0.2, 0.25) is 23.2 Å². The van der Waals surface area contributed by atoms with Crippen LogP contribution in [0.4, 0.5) is 23.5 Å². The molecule has 1 fully saturated rings. The first kappa shape index (κ1) is 40.2. The highest BCUT2D eigenvalue weighted by molar-refractivity contribution is 6.02. The molecule has 59 heavy (non-hydrogen) atoms. The molecule has 0 N–H and O–H groups in total. The Morgan fingerprint density at radius 2 is 1.15 bits per heavy atom. The molecular formula is C43H56N11O5+. The van der Waals surface area contributed by atoms with Gasteiger partial charge in [0, 0.05) is 144 Å². The van der Waals surface area contributed by atoms with Crippen LogP contribution in [0.1, 0.15) is 0 Å². The lowest BCUT2D eigenvalue weighted by Crippen LogP contribution is -2.36. The molecule has 0 spiro atoms. The molecule has 1 aliphatic carbocycles. The van der Waals surface area contributed by atoms with Crippen LogP contribution in [-0.2, 0) is 32.0 Å². The lowest BCUT2D eigenvalue weighted by molar-refractivity contribution is 0.0432. The largest absolute Gasteiger partial charge is 0.456 e. The minimum absolute atomic E-state index is 0.519. The Morgan fingerprint density at radius 1 is 0.593 bits per heavy atom. The minimum atomic E-state index is 0.519. The maximum atomic E-state index is 6.58. The fourth-order valence-corrected chi connectivity index (χ4v) is 7.60. The second-order valence-corrected chi connectivity index (χ2v) is 15.2. The molecule has 16 heteroatoms. The van der Waals surface area contributed by atoms with Gasteiger partial charge in [-0.15, -0.1) is 0 Å². The smallest absolute Gasteiger partial charge is 0.225 e. The maximum absolute atomic E-state index is 6.58. The number of nitrogens with zero attached hydrogens (tertiary/aromatic N) is 11. The van der Waals surface area contributed by atoms with Gasteiger partial charge < -0.3 is 52.1 Å². The molecule has 4 aliphatic heterocycles. The minimum Gasteiger partial charge on any atom is -0.456 e. The van der Waals surface area contributed by atoms with Crippen LogP contribution in [0.2, 0.25) is 0 Å². The molecule has 9 rings (SSSR count). The first-order valence-corrected chi connectivity index (χ1v) is 20.5. The summed E-state index contributed by atoms with van der Waals surface area (Å²) in [5.74, 6) is 3.18. The highest BCUT2D eigenvalue weighted by Crippen LogP contribution is 2.40. The molecule has 1 aromatic carbocycles. The average Bonchev–Trinajstić information content (AvgIpc) is 3.92.